The summed E-state index contributed by atoms with van der Waals surface area (Å²) in [5.74, 6) is 0.738. The highest BCUT2D eigenvalue weighted by molar-refractivity contribution is 5.82. The maximum absolute atomic E-state index is 9.48. The van der Waals surface area contributed by atoms with E-state index in [0.29, 0.717) is 5.56 Å². The molecule has 3 heteroatoms. The molecule has 7 aromatic rings. The number of nitriles is 1. The Labute approximate surface area is 268 Å². The monoisotopic (exact) mass is 585 g/mol. The molecule has 0 saturated carbocycles. The smallest absolute Gasteiger partial charge is 0.149 e. The van der Waals surface area contributed by atoms with Crippen LogP contribution in [0.15, 0.2) is 164 Å². The van der Waals surface area contributed by atoms with Gasteiger partial charge in [0.05, 0.1) is 28.4 Å². The first kappa shape index (κ1) is 26.3. The molecule has 0 radical (unpaired) electrons. The minimum absolute atomic E-state index is 0.486. The molecule has 10 rings (SSSR count). The van der Waals surface area contributed by atoms with Crippen LogP contribution in [0.2, 0.25) is 0 Å². The van der Waals surface area contributed by atoms with Crippen molar-refractivity contribution in [1.82, 2.24) is 9.97 Å². The van der Waals surface area contributed by atoms with Crippen molar-refractivity contribution < 1.29 is 0 Å². The number of nitrogens with zero attached hydrogens (tertiary/aromatic N) is 3. The Kier molecular flexibility index (Phi) is 5.69. The molecule has 0 amide bonds. The minimum Gasteiger partial charge on any atom is -0.231 e. The molecule has 0 spiro atoms. The summed E-state index contributed by atoms with van der Waals surface area (Å²) in [4.78, 5) is 11.0. The lowest BCUT2D eigenvalue weighted by Gasteiger charge is -2.56. The van der Waals surface area contributed by atoms with Crippen LogP contribution in [0.5, 0.6) is 0 Å². The Morgan fingerprint density at radius 3 is 1.26 bits per heavy atom. The van der Waals surface area contributed by atoms with Gasteiger partial charge in [0.15, 0.2) is 0 Å². The second kappa shape index (κ2) is 9.95. The fourth-order valence-corrected chi connectivity index (χ4v) is 8.03. The first-order valence-electron chi connectivity index (χ1n) is 15.6. The quantitative estimate of drug-likeness (QED) is 0.207. The first-order valence-corrected chi connectivity index (χ1v) is 15.6. The summed E-state index contributed by atoms with van der Waals surface area (Å²) in [6.07, 6.45) is 0. The molecule has 0 unspecified atom stereocenters. The molecular formula is C43H27N3. The molecule has 0 fully saturated rings. The summed E-state index contributed by atoms with van der Waals surface area (Å²) >= 11 is 0. The summed E-state index contributed by atoms with van der Waals surface area (Å²) in [5.41, 5.74) is 11.6. The first-order chi connectivity index (χ1) is 22.8. The predicted molar refractivity (Wildman–Crippen MR) is 181 cm³/mol. The Morgan fingerprint density at radius 2 is 0.804 bits per heavy atom. The second-order valence-corrected chi connectivity index (χ2v) is 12.0. The van der Waals surface area contributed by atoms with Crippen molar-refractivity contribution in [2.45, 2.75) is 10.8 Å². The largest absolute Gasteiger partial charge is 0.231 e. The topological polar surface area (TPSA) is 49.6 Å². The maximum atomic E-state index is 9.48. The Bertz CT molecular complexity index is 2200. The van der Waals surface area contributed by atoms with Gasteiger partial charge in [0.2, 0.25) is 0 Å². The minimum atomic E-state index is -0.757. The third-order valence-corrected chi connectivity index (χ3v) is 9.85. The van der Waals surface area contributed by atoms with Crippen molar-refractivity contribution in [3.63, 3.8) is 0 Å². The Morgan fingerprint density at radius 1 is 0.413 bits per heavy atom. The summed E-state index contributed by atoms with van der Waals surface area (Å²) in [6, 6.07) is 59.9. The van der Waals surface area contributed by atoms with Crippen molar-refractivity contribution in [3.8, 4) is 28.6 Å². The van der Waals surface area contributed by atoms with Crippen molar-refractivity contribution in [3.05, 3.63) is 214 Å². The zero-order valence-electron chi connectivity index (χ0n) is 24.9. The van der Waals surface area contributed by atoms with E-state index in [1.54, 1.807) is 0 Å². The van der Waals surface area contributed by atoms with Crippen molar-refractivity contribution in [2.75, 3.05) is 0 Å². The van der Waals surface area contributed by atoms with Gasteiger partial charge in [-0.2, -0.15) is 5.26 Å². The van der Waals surface area contributed by atoms with Crippen LogP contribution < -0.4 is 0 Å². The Balaban J connectivity index is 1.44. The summed E-state index contributed by atoms with van der Waals surface area (Å²) in [5, 5.41) is 9.48. The van der Waals surface area contributed by atoms with E-state index >= 15 is 0 Å². The van der Waals surface area contributed by atoms with E-state index in [-0.39, 0.29) is 0 Å². The van der Waals surface area contributed by atoms with Gasteiger partial charge in [-0.25, -0.2) is 9.97 Å². The summed E-state index contributed by atoms with van der Waals surface area (Å²) in [7, 11) is 0. The third kappa shape index (κ3) is 3.41. The van der Waals surface area contributed by atoms with E-state index in [2.05, 4.69) is 127 Å². The molecule has 46 heavy (non-hydrogen) atoms. The summed E-state index contributed by atoms with van der Waals surface area (Å²) in [6.45, 7) is 0. The van der Waals surface area contributed by atoms with Crippen LogP contribution in [0.3, 0.4) is 0 Å². The fraction of sp³-hybridized carbons (Fsp3) is 0.0465. The number of hydrogen-bond donors (Lipinski definition) is 0. The van der Waals surface area contributed by atoms with Gasteiger partial charge < -0.3 is 0 Å². The standard InChI is InChI=1S/C43H27N3/c44-28-29-23-25-31(26-24-29)40-27-39(30-13-3-1-4-14-30)45-41(46-40)43-36-20-10-7-17-33(36)42(32-15-5-2-6-16-32,34-18-8-11-21-37(34)43)35-19-9-12-22-38(35)43/h1-27H. The molecule has 0 aliphatic heterocycles. The molecule has 1 heterocycles. The molecular weight excluding hydrogens is 558 g/mol. The van der Waals surface area contributed by atoms with Crippen LogP contribution in [0, 0.1) is 11.3 Å². The van der Waals surface area contributed by atoms with Gasteiger partial charge >= 0.3 is 0 Å². The molecule has 2 bridgehead atoms. The lowest BCUT2D eigenvalue weighted by molar-refractivity contribution is 0.536. The van der Waals surface area contributed by atoms with Gasteiger partial charge in [0.1, 0.15) is 11.2 Å². The third-order valence-electron chi connectivity index (χ3n) is 9.85. The lowest BCUT2D eigenvalue weighted by atomic mass is 9.45. The van der Waals surface area contributed by atoms with E-state index in [0.717, 1.165) is 28.3 Å². The van der Waals surface area contributed by atoms with E-state index in [1.165, 1.54) is 38.9 Å². The van der Waals surface area contributed by atoms with Crippen LogP contribution in [0.4, 0.5) is 0 Å². The van der Waals surface area contributed by atoms with Gasteiger partial charge in [-0.1, -0.05) is 146 Å². The molecule has 3 aliphatic rings. The number of rotatable bonds is 4. The summed E-state index contributed by atoms with van der Waals surface area (Å²) < 4.78 is 0. The van der Waals surface area contributed by atoms with Crippen LogP contribution in [0.25, 0.3) is 22.5 Å². The number of benzene rings is 6. The van der Waals surface area contributed by atoms with E-state index in [1.807, 2.05) is 42.5 Å². The highest BCUT2D eigenvalue weighted by Gasteiger charge is 2.61. The van der Waals surface area contributed by atoms with Gasteiger partial charge in [0.25, 0.3) is 0 Å². The highest BCUT2D eigenvalue weighted by Crippen LogP contribution is 2.65. The van der Waals surface area contributed by atoms with Gasteiger partial charge in [-0.3, -0.25) is 0 Å². The van der Waals surface area contributed by atoms with Crippen molar-refractivity contribution in [1.29, 1.82) is 5.26 Å². The fourth-order valence-electron chi connectivity index (χ4n) is 8.03. The van der Waals surface area contributed by atoms with Gasteiger partial charge in [0, 0.05) is 11.1 Å². The number of aromatic nitrogens is 2. The average Bonchev–Trinajstić information content (AvgIpc) is 3.15. The zero-order valence-corrected chi connectivity index (χ0v) is 24.9. The van der Waals surface area contributed by atoms with Crippen LogP contribution in [0.1, 0.15) is 50.3 Å². The average molecular weight is 586 g/mol. The number of hydrogen-bond acceptors (Lipinski definition) is 3. The zero-order chi connectivity index (χ0) is 30.7. The van der Waals surface area contributed by atoms with E-state index in [4.69, 9.17) is 9.97 Å². The highest BCUT2D eigenvalue weighted by atomic mass is 14.9. The van der Waals surface area contributed by atoms with Crippen molar-refractivity contribution >= 4 is 0 Å². The Hall–Kier alpha value is -6.11. The lowest BCUT2D eigenvalue weighted by Crippen LogP contribution is -2.52. The van der Waals surface area contributed by atoms with Crippen LogP contribution in [-0.2, 0) is 10.8 Å². The SMILES string of the molecule is N#Cc1ccc(-c2cc(-c3ccccc3)nc(C34c5ccccc5C(c5ccccc5)(c5ccccc53)c3ccccc34)n2)cc1. The van der Waals surface area contributed by atoms with Gasteiger partial charge in [-0.15, -0.1) is 0 Å². The molecule has 214 valence electrons. The molecule has 6 aromatic carbocycles. The predicted octanol–water partition coefficient (Wildman–Crippen LogP) is 9.07. The van der Waals surface area contributed by atoms with Crippen LogP contribution in [-0.4, -0.2) is 9.97 Å². The molecule has 0 saturated heterocycles. The molecule has 0 N–H and O–H groups in total. The molecule has 3 aliphatic carbocycles. The van der Waals surface area contributed by atoms with Crippen LogP contribution >= 0.6 is 0 Å². The second-order valence-electron chi connectivity index (χ2n) is 12.0. The molecule has 3 nitrogen and oxygen atoms in total. The normalized spacial score (nSPS) is 18.6. The van der Waals surface area contributed by atoms with Gasteiger partial charge in [-0.05, 0) is 57.1 Å². The van der Waals surface area contributed by atoms with E-state index < -0.39 is 10.8 Å². The molecule has 1 aromatic heterocycles. The maximum Gasteiger partial charge on any atom is 0.149 e. The van der Waals surface area contributed by atoms with E-state index in [9.17, 15) is 5.26 Å². The molecule has 0 atom stereocenters. The van der Waals surface area contributed by atoms with Crippen molar-refractivity contribution in [2.24, 2.45) is 0 Å².